The number of ether oxygens (including phenoxy) is 2. The molecule has 12 heteroatoms. The van der Waals surface area contributed by atoms with Crippen molar-refractivity contribution in [2.24, 2.45) is 4.99 Å². The van der Waals surface area contributed by atoms with Gasteiger partial charge in [-0.05, 0) is 37.3 Å². The van der Waals surface area contributed by atoms with E-state index in [9.17, 15) is 13.2 Å². The van der Waals surface area contributed by atoms with Gasteiger partial charge in [0.25, 0.3) is 0 Å². The monoisotopic (exact) mass is 457 g/mol. The molecule has 1 saturated heterocycles. The number of allylic oxidation sites excluding steroid dienone is 1. The van der Waals surface area contributed by atoms with Gasteiger partial charge in [0.15, 0.2) is 6.73 Å². The molecule has 2 aromatic carbocycles. The van der Waals surface area contributed by atoms with E-state index in [1.807, 2.05) is 19.1 Å². The molecule has 0 radical (unpaired) electrons. The summed E-state index contributed by atoms with van der Waals surface area (Å²) in [6.45, 7) is 2.21. The van der Waals surface area contributed by atoms with Crippen molar-refractivity contribution in [2.75, 3.05) is 29.4 Å². The molecule has 0 aliphatic carbocycles. The molecule has 3 N–H and O–H groups in total. The Morgan fingerprint density at radius 3 is 2.78 bits per heavy atom. The van der Waals surface area contributed by atoms with E-state index in [2.05, 4.69) is 21.1 Å². The Labute approximate surface area is 203 Å². The van der Waals surface area contributed by atoms with Crippen LogP contribution in [0.3, 0.4) is 0 Å². The zero-order valence-corrected chi connectivity index (χ0v) is 16.5. The van der Waals surface area contributed by atoms with Crippen molar-refractivity contribution in [3.63, 3.8) is 0 Å². The van der Waals surface area contributed by atoms with E-state index in [1.165, 1.54) is 13.2 Å². The average molecular weight is 457 g/mol. The molecule has 3 aliphatic rings. The van der Waals surface area contributed by atoms with Crippen LogP contribution in [0.25, 0.3) is 0 Å². The van der Waals surface area contributed by atoms with Crippen LogP contribution in [0, 0.1) is 0 Å². The van der Waals surface area contributed by atoms with Crippen LogP contribution in [-0.4, -0.2) is 55.6 Å². The molecule has 0 spiro atoms. The van der Waals surface area contributed by atoms with Gasteiger partial charge in [-0.2, -0.15) is 13.2 Å². The minimum atomic E-state index is -4.54. The van der Waals surface area contributed by atoms with Crippen molar-refractivity contribution in [3.05, 3.63) is 53.4 Å². The number of anilines is 3. The third-order valence-electron chi connectivity index (χ3n) is 5.11. The van der Waals surface area contributed by atoms with Crippen LogP contribution in [0.15, 0.2) is 52.8 Å². The Bertz CT molecular complexity index is 1120. The predicted molar refractivity (Wildman–Crippen MR) is 115 cm³/mol. The molecule has 2 bridgehead atoms. The van der Waals surface area contributed by atoms with Crippen LogP contribution < -0.4 is 30.5 Å². The summed E-state index contributed by atoms with van der Waals surface area (Å²) < 4.78 is 50.6. The van der Waals surface area contributed by atoms with Crippen LogP contribution in [0.5, 0.6) is 11.5 Å². The van der Waals surface area contributed by atoms with Gasteiger partial charge in [-0.3, -0.25) is 4.90 Å². The number of methoxy groups -OCH3 is 1. The summed E-state index contributed by atoms with van der Waals surface area (Å²) in [7, 11) is 1.31. The number of halogens is 3. The first kappa shape index (κ1) is 22.6. The summed E-state index contributed by atoms with van der Waals surface area (Å²) in [5.74, 6) is -0.171. The van der Waals surface area contributed by atoms with Crippen molar-refractivity contribution in [1.29, 1.82) is 0 Å². The summed E-state index contributed by atoms with van der Waals surface area (Å²) in [6, 6.07) is 8.84. The standard InChI is InChI=1S/C20H18F3N5O3.Na.H/c1-11-9-25-20(26-13-5-12(19(21,22)23)6-15(7-13)29-2)28(18(11)27-31-20)14-3-4-17-16(8-14)24-10-30-17;;/h3-9,24,26-27H,10H2,1-2H3;;. The van der Waals surface area contributed by atoms with E-state index in [0.717, 1.165) is 23.4 Å². The summed E-state index contributed by atoms with van der Waals surface area (Å²) in [4.78, 5) is 12.0. The molecule has 164 valence electrons. The fourth-order valence-corrected chi connectivity index (χ4v) is 3.62. The quantitative estimate of drug-likeness (QED) is 0.609. The van der Waals surface area contributed by atoms with Gasteiger partial charge in [-0.25, -0.2) is 15.3 Å². The average Bonchev–Trinajstić information content (AvgIpc) is 3.31. The number of hydrogen-bond donors (Lipinski definition) is 3. The number of hydrogen-bond acceptors (Lipinski definition) is 8. The Morgan fingerprint density at radius 2 is 2.03 bits per heavy atom. The molecular formula is C20H19F3N5NaO3. The first-order valence-electron chi connectivity index (χ1n) is 9.35. The van der Waals surface area contributed by atoms with Crippen molar-refractivity contribution >= 4 is 52.8 Å². The molecule has 3 heterocycles. The number of benzene rings is 2. The molecular weight excluding hydrogens is 438 g/mol. The Hall–Kier alpha value is -2.60. The molecule has 5 rings (SSSR count). The molecule has 32 heavy (non-hydrogen) atoms. The van der Waals surface area contributed by atoms with E-state index in [1.54, 1.807) is 17.2 Å². The van der Waals surface area contributed by atoms with Crippen molar-refractivity contribution < 1.29 is 27.5 Å². The molecule has 1 fully saturated rings. The second kappa shape index (κ2) is 8.07. The third kappa shape index (κ3) is 3.75. The van der Waals surface area contributed by atoms with Crippen molar-refractivity contribution in [1.82, 2.24) is 5.48 Å². The zero-order valence-electron chi connectivity index (χ0n) is 16.5. The van der Waals surface area contributed by atoms with E-state index >= 15 is 0 Å². The minimum absolute atomic E-state index is 0. The van der Waals surface area contributed by atoms with Gasteiger partial charge in [0.2, 0.25) is 0 Å². The maximum absolute atomic E-state index is 13.4. The Balaban J connectivity index is 0.00000245. The fourth-order valence-electron chi connectivity index (χ4n) is 3.62. The van der Waals surface area contributed by atoms with Crippen LogP contribution in [-0.2, 0) is 11.0 Å². The molecule has 0 amide bonds. The van der Waals surface area contributed by atoms with Gasteiger partial charge in [0, 0.05) is 23.5 Å². The maximum atomic E-state index is 13.4. The number of alkyl halides is 3. The van der Waals surface area contributed by atoms with Gasteiger partial charge in [0.05, 0.1) is 24.0 Å². The summed E-state index contributed by atoms with van der Waals surface area (Å²) in [5, 5.41) is 6.10. The number of hydroxylamine groups is 1. The van der Waals surface area contributed by atoms with Gasteiger partial charge in [0.1, 0.15) is 17.3 Å². The van der Waals surface area contributed by atoms with Crippen LogP contribution in [0.4, 0.5) is 30.2 Å². The molecule has 1 atom stereocenters. The van der Waals surface area contributed by atoms with Gasteiger partial charge < -0.3 is 20.1 Å². The van der Waals surface area contributed by atoms with Gasteiger partial charge in [-0.15, -0.1) is 0 Å². The summed E-state index contributed by atoms with van der Waals surface area (Å²) >= 11 is 0. The molecule has 3 aliphatic heterocycles. The molecule has 0 aromatic heterocycles. The van der Waals surface area contributed by atoms with E-state index in [-0.39, 0.29) is 41.0 Å². The molecule has 0 saturated carbocycles. The normalized spacial score (nSPS) is 20.7. The van der Waals surface area contributed by atoms with Crippen LogP contribution in [0.2, 0.25) is 0 Å². The number of nitrogens with zero attached hydrogens (tertiary/aromatic N) is 2. The second-order valence-corrected chi connectivity index (χ2v) is 7.16. The van der Waals surface area contributed by atoms with Gasteiger partial charge in [-0.1, -0.05) is 0 Å². The van der Waals surface area contributed by atoms with E-state index < -0.39 is 17.7 Å². The summed E-state index contributed by atoms with van der Waals surface area (Å²) in [6.07, 6.45) is -2.95. The molecule has 1 unspecified atom stereocenters. The number of fused-ring (bicyclic) bond motifs is 3. The summed E-state index contributed by atoms with van der Waals surface area (Å²) in [5.41, 5.74) is 4.38. The predicted octanol–water partition coefficient (Wildman–Crippen LogP) is 3.21. The number of rotatable bonds is 4. The fraction of sp³-hybridized carbons (Fsp3) is 0.250. The molecule has 8 nitrogen and oxygen atoms in total. The van der Waals surface area contributed by atoms with Crippen molar-refractivity contribution in [2.45, 2.75) is 19.1 Å². The third-order valence-corrected chi connectivity index (χ3v) is 5.11. The number of aliphatic imine (C=N–C) groups is 1. The SMILES string of the molecule is COc1cc(NC23N=CC(C)=C(NO2)N3c2ccc3c(c2)NCO3)cc(C(F)(F)F)c1.[NaH]. The van der Waals surface area contributed by atoms with Gasteiger partial charge >= 0.3 is 41.7 Å². The Kier molecular flexibility index (Phi) is 5.70. The topological polar surface area (TPSA) is 79.4 Å². The first-order chi connectivity index (χ1) is 14.8. The first-order valence-corrected chi connectivity index (χ1v) is 9.35. The van der Waals surface area contributed by atoms with E-state index in [0.29, 0.717) is 24.0 Å². The number of nitrogens with one attached hydrogen (secondary N) is 3. The zero-order chi connectivity index (χ0) is 21.8. The van der Waals surface area contributed by atoms with Crippen LogP contribution >= 0.6 is 0 Å². The van der Waals surface area contributed by atoms with E-state index in [4.69, 9.17) is 14.3 Å². The van der Waals surface area contributed by atoms with Crippen LogP contribution in [0.1, 0.15) is 12.5 Å². The Morgan fingerprint density at radius 1 is 1.22 bits per heavy atom. The van der Waals surface area contributed by atoms with Crippen molar-refractivity contribution in [3.8, 4) is 11.5 Å². The molecule has 2 aromatic rings. The second-order valence-electron chi connectivity index (χ2n) is 7.16.